The van der Waals surface area contributed by atoms with E-state index in [-0.39, 0.29) is 5.91 Å². The second kappa shape index (κ2) is 5.27. The quantitative estimate of drug-likeness (QED) is 0.891. The van der Waals surface area contributed by atoms with Gasteiger partial charge in [0, 0.05) is 37.9 Å². The molecule has 0 unspecified atom stereocenters. The Labute approximate surface area is 105 Å². The summed E-state index contributed by atoms with van der Waals surface area (Å²) in [4.78, 5) is 21.6. The standard InChI is InChI=1S/C13H14N4O/c1-17(2)11-5-3-4-10(8-11)16-13(18)12-9-14-6-7-15-12/h3-9H,1-2H3,(H,16,18). The lowest BCUT2D eigenvalue weighted by Gasteiger charge is -2.13. The molecule has 0 aliphatic rings. The van der Waals surface area contributed by atoms with Crippen molar-refractivity contribution in [2.24, 2.45) is 0 Å². The second-order valence-corrected chi connectivity index (χ2v) is 3.99. The SMILES string of the molecule is CN(C)c1cccc(NC(=O)c2cnccn2)c1. The predicted molar refractivity (Wildman–Crippen MR) is 70.8 cm³/mol. The van der Waals surface area contributed by atoms with Crippen molar-refractivity contribution in [3.05, 3.63) is 48.5 Å². The second-order valence-electron chi connectivity index (χ2n) is 3.99. The number of rotatable bonds is 3. The largest absolute Gasteiger partial charge is 0.378 e. The molecule has 5 nitrogen and oxygen atoms in total. The Morgan fingerprint density at radius 2 is 2.11 bits per heavy atom. The van der Waals surface area contributed by atoms with E-state index >= 15 is 0 Å². The van der Waals surface area contributed by atoms with Crippen molar-refractivity contribution in [2.75, 3.05) is 24.3 Å². The fraction of sp³-hybridized carbons (Fsp3) is 0.154. The maximum absolute atomic E-state index is 11.9. The highest BCUT2D eigenvalue weighted by Crippen LogP contribution is 2.17. The summed E-state index contributed by atoms with van der Waals surface area (Å²) < 4.78 is 0. The number of aromatic nitrogens is 2. The third kappa shape index (κ3) is 2.82. The zero-order valence-electron chi connectivity index (χ0n) is 10.3. The van der Waals surface area contributed by atoms with Crippen LogP contribution < -0.4 is 10.2 Å². The van der Waals surface area contributed by atoms with E-state index in [0.29, 0.717) is 5.69 Å². The van der Waals surface area contributed by atoms with Crippen LogP contribution in [0.2, 0.25) is 0 Å². The Balaban J connectivity index is 2.15. The van der Waals surface area contributed by atoms with Gasteiger partial charge in [0.25, 0.3) is 5.91 Å². The third-order valence-electron chi connectivity index (χ3n) is 2.42. The highest BCUT2D eigenvalue weighted by atomic mass is 16.1. The topological polar surface area (TPSA) is 58.1 Å². The van der Waals surface area contributed by atoms with Gasteiger partial charge < -0.3 is 10.2 Å². The van der Waals surface area contributed by atoms with E-state index in [1.54, 1.807) is 0 Å². The fourth-order valence-corrected chi connectivity index (χ4v) is 1.47. The maximum atomic E-state index is 11.9. The van der Waals surface area contributed by atoms with Gasteiger partial charge in [0.2, 0.25) is 0 Å². The Bertz CT molecular complexity index is 540. The number of anilines is 2. The van der Waals surface area contributed by atoms with Crippen LogP contribution in [0, 0.1) is 0 Å². The summed E-state index contributed by atoms with van der Waals surface area (Å²) in [5, 5.41) is 2.79. The zero-order valence-corrected chi connectivity index (χ0v) is 10.3. The number of nitrogens with one attached hydrogen (secondary N) is 1. The summed E-state index contributed by atoms with van der Waals surface area (Å²) in [6.07, 6.45) is 4.46. The lowest BCUT2D eigenvalue weighted by atomic mass is 10.2. The van der Waals surface area contributed by atoms with Gasteiger partial charge in [0.15, 0.2) is 0 Å². The molecule has 92 valence electrons. The summed E-state index contributed by atoms with van der Waals surface area (Å²) in [5.74, 6) is -0.265. The van der Waals surface area contributed by atoms with Crippen LogP contribution in [0.3, 0.4) is 0 Å². The average molecular weight is 242 g/mol. The molecule has 0 atom stereocenters. The molecule has 0 saturated carbocycles. The summed E-state index contributed by atoms with van der Waals surface area (Å²) in [5.41, 5.74) is 2.05. The van der Waals surface area contributed by atoms with Gasteiger partial charge >= 0.3 is 0 Å². The first-order chi connectivity index (χ1) is 8.66. The summed E-state index contributed by atoms with van der Waals surface area (Å²) in [6, 6.07) is 7.59. The van der Waals surface area contributed by atoms with Crippen LogP contribution in [0.1, 0.15) is 10.5 Å². The molecule has 5 heteroatoms. The van der Waals surface area contributed by atoms with Gasteiger partial charge in [0.05, 0.1) is 6.20 Å². The first kappa shape index (κ1) is 12.0. The van der Waals surface area contributed by atoms with Gasteiger partial charge in [-0.15, -0.1) is 0 Å². The van der Waals surface area contributed by atoms with Crippen molar-refractivity contribution in [1.29, 1.82) is 0 Å². The molecule has 0 fully saturated rings. The molecule has 0 spiro atoms. The number of hydrogen-bond acceptors (Lipinski definition) is 4. The van der Waals surface area contributed by atoms with E-state index in [0.717, 1.165) is 11.4 Å². The van der Waals surface area contributed by atoms with Crippen molar-refractivity contribution >= 4 is 17.3 Å². The van der Waals surface area contributed by atoms with E-state index in [4.69, 9.17) is 0 Å². The number of benzene rings is 1. The van der Waals surface area contributed by atoms with E-state index in [1.807, 2.05) is 43.3 Å². The third-order valence-corrected chi connectivity index (χ3v) is 2.42. The first-order valence-corrected chi connectivity index (χ1v) is 5.51. The van der Waals surface area contributed by atoms with Crippen molar-refractivity contribution in [3.63, 3.8) is 0 Å². The Kier molecular flexibility index (Phi) is 3.52. The van der Waals surface area contributed by atoms with Crippen molar-refractivity contribution in [3.8, 4) is 0 Å². The molecular weight excluding hydrogens is 228 g/mol. The molecule has 2 rings (SSSR count). The van der Waals surface area contributed by atoms with Gasteiger partial charge in [-0.05, 0) is 18.2 Å². The monoisotopic (exact) mass is 242 g/mol. The van der Waals surface area contributed by atoms with Crippen LogP contribution in [-0.4, -0.2) is 30.0 Å². The minimum absolute atomic E-state index is 0.265. The van der Waals surface area contributed by atoms with E-state index in [2.05, 4.69) is 15.3 Å². The summed E-state index contributed by atoms with van der Waals surface area (Å²) >= 11 is 0. The molecule has 0 aliphatic heterocycles. The highest BCUT2D eigenvalue weighted by Gasteiger charge is 2.07. The molecule has 1 heterocycles. The lowest BCUT2D eigenvalue weighted by molar-refractivity contribution is 0.102. The van der Waals surface area contributed by atoms with Crippen LogP contribution in [0.4, 0.5) is 11.4 Å². The highest BCUT2D eigenvalue weighted by molar-refractivity contribution is 6.02. The molecule has 1 amide bonds. The van der Waals surface area contributed by atoms with Crippen LogP contribution in [-0.2, 0) is 0 Å². The molecule has 0 saturated heterocycles. The molecule has 0 aliphatic carbocycles. The Hall–Kier alpha value is -2.43. The number of nitrogens with zero attached hydrogens (tertiary/aromatic N) is 3. The average Bonchev–Trinajstić information content (AvgIpc) is 2.40. The number of carbonyl (C=O) groups is 1. The van der Waals surface area contributed by atoms with Gasteiger partial charge in [0.1, 0.15) is 5.69 Å². The molecular formula is C13H14N4O. The summed E-state index contributed by atoms with van der Waals surface area (Å²) in [7, 11) is 3.90. The normalized spacial score (nSPS) is 9.89. The van der Waals surface area contributed by atoms with Crippen LogP contribution >= 0.6 is 0 Å². The molecule has 18 heavy (non-hydrogen) atoms. The predicted octanol–water partition coefficient (Wildman–Crippen LogP) is 1.79. The van der Waals surface area contributed by atoms with E-state index in [9.17, 15) is 4.79 Å². The Morgan fingerprint density at radius 3 is 2.78 bits per heavy atom. The van der Waals surface area contributed by atoms with Crippen molar-refractivity contribution in [2.45, 2.75) is 0 Å². The first-order valence-electron chi connectivity index (χ1n) is 5.51. The molecule has 0 radical (unpaired) electrons. The molecule has 1 N–H and O–H groups in total. The summed E-state index contributed by atoms with van der Waals surface area (Å²) in [6.45, 7) is 0. The van der Waals surface area contributed by atoms with E-state index < -0.39 is 0 Å². The molecule has 1 aromatic heterocycles. The number of hydrogen-bond donors (Lipinski definition) is 1. The van der Waals surface area contributed by atoms with Gasteiger partial charge in [-0.1, -0.05) is 6.07 Å². The minimum atomic E-state index is -0.265. The van der Waals surface area contributed by atoms with Crippen LogP contribution in [0.25, 0.3) is 0 Å². The smallest absolute Gasteiger partial charge is 0.275 e. The number of amides is 1. The van der Waals surface area contributed by atoms with Gasteiger partial charge in [-0.3, -0.25) is 9.78 Å². The fourth-order valence-electron chi connectivity index (χ4n) is 1.47. The van der Waals surface area contributed by atoms with Crippen molar-refractivity contribution < 1.29 is 4.79 Å². The van der Waals surface area contributed by atoms with E-state index in [1.165, 1.54) is 18.6 Å². The molecule has 0 bridgehead atoms. The van der Waals surface area contributed by atoms with Crippen molar-refractivity contribution in [1.82, 2.24) is 9.97 Å². The minimum Gasteiger partial charge on any atom is -0.378 e. The van der Waals surface area contributed by atoms with Gasteiger partial charge in [-0.2, -0.15) is 0 Å². The molecule has 2 aromatic rings. The zero-order chi connectivity index (χ0) is 13.0. The maximum Gasteiger partial charge on any atom is 0.275 e. The van der Waals surface area contributed by atoms with Crippen LogP contribution in [0.5, 0.6) is 0 Å². The molecule has 1 aromatic carbocycles. The lowest BCUT2D eigenvalue weighted by Crippen LogP contribution is -2.14. The van der Waals surface area contributed by atoms with Gasteiger partial charge in [-0.25, -0.2) is 4.98 Å². The Morgan fingerprint density at radius 1 is 1.28 bits per heavy atom. The number of carbonyl (C=O) groups excluding carboxylic acids is 1. The van der Waals surface area contributed by atoms with Crippen LogP contribution in [0.15, 0.2) is 42.9 Å².